The van der Waals surface area contributed by atoms with Gasteiger partial charge in [0.2, 0.25) is 0 Å². The van der Waals surface area contributed by atoms with E-state index in [1.54, 1.807) is 12.3 Å². The Bertz CT molecular complexity index is 145. The van der Waals surface area contributed by atoms with Gasteiger partial charge in [-0.1, -0.05) is 33.6 Å². The molecule has 0 aliphatic heterocycles. The lowest BCUT2D eigenvalue weighted by Gasteiger charge is -2.23. The number of halogens is 1. The lowest BCUT2D eigenvalue weighted by atomic mass is 10.4. The minimum absolute atomic E-state index is 0. The zero-order chi connectivity index (χ0) is 12.3. The summed E-state index contributed by atoms with van der Waals surface area (Å²) in [4.78, 5) is 0. The molecule has 0 spiro atoms. The summed E-state index contributed by atoms with van der Waals surface area (Å²) in [5, 5.41) is 0. The van der Waals surface area contributed by atoms with Crippen LogP contribution in [0.25, 0.3) is 0 Å². The third kappa shape index (κ3) is 12.3. The molecule has 0 N–H and O–H groups in total. The molecule has 106 valence electrons. The zero-order valence-electron chi connectivity index (χ0n) is 12.3. The van der Waals surface area contributed by atoms with Gasteiger partial charge in [-0.05, 0) is 25.0 Å². The van der Waals surface area contributed by atoms with Gasteiger partial charge >= 0.3 is 0 Å². The third-order valence-corrected chi connectivity index (χ3v) is 8.81. The standard InChI is InChI=1S/C14H32PS.HI/c1-5-8-10-15(4,11-9-6-2)12-14-16-13-7-3;/h5-14H2,1-4H3;1H/q+1;/p-1. The van der Waals surface area contributed by atoms with Gasteiger partial charge in [0.1, 0.15) is 0 Å². The van der Waals surface area contributed by atoms with Crippen LogP contribution in [0.2, 0.25) is 0 Å². The van der Waals surface area contributed by atoms with E-state index in [4.69, 9.17) is 0 Å². The third-order valence-electron chi connectivity index (χ3n) is 3.23. The predicted molar refractivity (Wildman–Crippen MR) is 84.9 cm³/mol. The second-order valence-corrected chi connectivity index (χ2v) is 10.9. The first-order valence-electron chi connectivity index (χ1n) is 7.09. The first kappa shape index (κ1) is 20.8. The maximum atomic E-state index is 2.63. The quantitative estimate of drug-likeness (QED) is 0.297. The van der Waals surface area contributed by atoms with E-state index in [2.05, 4.69) is 39.2 Å². The fraction of sp³-hybridized carbons (Fsp3) is 1.00. The Morgan fingerprint density at radius 3 is 1.71 bits per heavy atom. The highest BCUT2D eigenvalue weighted by Crippen LogP contribution is 2.56. The number of rotatable bonds is 11. The second-order valence-electron chi connectivity index (χ2n) is 5.11. The van der Waals surface area contributed by atoms with Gasteiger partial charge in [-0.3, -0.25) is 0 Å². The zero-order valence-corrected chi connectivity index (χ0v) is 16.2. The van der Waals surface area contributed by atoms with Crippen molar-refractivity contribution in [2.75, 3.05) is 36.7 Å². The maximum absolute atomic E-state index is 2.63. The SMILES string of the molecule is CCCC[P+](C)(CCCC)CCSCCC.[I-]. The Balaban J connectivity index is 0. The van der Waals surface area contributed by atoms with Crippen LogP contribution in [0, 0.1) is 0 Å². The van der Waals surface area contributed by atoms with Gasteiger partial charge in [0, 0.05) is 19.7 Å². The highest BCUT2D eigenvalue weighted by Gasteiger charge is 2.29. The molecule has 0 aliphatic carbocycles. The molecule has 0 nitrogen and oxygen atoms in total. The van der Waals surface area contributed by atoms with E-state index in [1.807, 2.05) is 0 Å². The molecule has 0 saturated heterocycles. The Hall–Kier alpha value is 1.51. The van der Waals surface area contributed by atoms with Crippen LogP contribution in [-0.2, 0) is 0 Å². The summed E-state index contributed by atoms with van der Waals surface area (Å²) in [6.45, 7) is 9.58. The first-order valence-corrected chi connectivity index (χ1v) is 11.0. The van der Waals surface area contributed by atoms with Gasteiger partial charge in [0.25, 0.3) is 0 Å². The van der Waals surface area contributed by atoms with Gasteiger partial charge in [-0.2, -0.15) is 11.8 Å². The molecule has 0 fully saturated rings. The largest absolute Gasteiger partial charge is 1.00 e. The molecular weight excluding hydrogens is 358 g/mol. The van der Waals surface area contributed by atoms with Crippen molar-refractivity contribution in [3.8, 4) is 0 Å². The van der Waals surface area contributed by atoms with Crippen molar-refractivity contribution in [2.45, 2.75) is 52.9 Å². The molecule has 0 bridgehead atoms. The van der Waals surface area contributed by atoms with Crippen molar-refractivity contribution >= 4 is 19.0 Å². The Morgan fingerprint density at radius 2 is 1.29 bits per heavy atom. The lowest BCUT2D eigenvalue weighted by molar-refractivity contribution is -0.00000373. The number of thioether (sulfide) groups is 1. The van der Waals surface area contributed by atoms with Gasteiger partial charge < -0.3 is 24.0 Å². The van der Waals surface area contributed by atoms with Crippen molar-refractivity contribution in [1.29, 1.82) is 0 Å². The molecule has 0 saturated carbocycles. The summed E-state index contributed by atoms with van der Waals surface area (Å²) in [6, 6.07) is 0. The van der Waals surface area contributed by atoms with E-state index in [0.29, 0.717) is 0 Å². The highest BCUT2D eigenvalue weighted by molar-refractivity contribution is 7.99. The Labute approximate surface area is 132 Å². The summed E-state index contributed by atoms with van der Waals surface area (Å²) in [5.41, 5.74) is 0. The molecule has 0 atom stereocenters. The summed E-state index contributed by atoms with van der Waals surface area (Å²) in [6.07, 6.45) is 11.7. The Morgan fingerprint density at radius 1 is 0.765 bits per heavy atom. The highest BCUT2D eigenvalue weighted by atomic mass is 127. The van der Waals surface area contributed by atoms with Gasteiger partial charge in [-0.15, -0.1) is 0 Å². The van der Waals surface area contributed by atoms with E-state index < -0.39 is 7.26 Å². The monoisotopic (exact) mass is 390 g/mol. The molecule has 0 radical (unpaired) electrons. The van der Waals surface area contributed by atoms with E-state index >= 15 is 0 Å². The predicted octanol–water partition coefficient (Wildman–Crippen LogP) is 2.38. The molecule has 0 aromatic heterocycles. The van der Waals surface area contributed by atoms with Crippen molar-refractivity contribution in [1.82, 2.24) is 0 Å². The number of hydrogen-bond donors (Lipinski definition) is 0. The topological polar surface area (TPSA) is 0 Å². The molecular formula is C14H32IPS. The normalized spacial score (nSPS) is 11.3. The summed E-state index contributed by atoms with van der Waals surface area (Å²) in [5.74, 6) is 2.78. The van der Waals surface area contributed by atoms with Crippen LogP contribution in [-0.4, -0.2) is 36.7 Å². The molecule has 0 aromatic rings. The molecule has 0 amide bonds. The van der Waals surface area contributed by atoms with Crippen molar-refractivity contribution in [3.05, 3.63) is 0 Å². The molecule has 0 unspecified atom stereocenters. The maximum Gasteiger partial charge on any atom is 0.0682 e. The van der Waals surface area contributed by atoms with E-state index in [9.17, 15) is 0 Å². The molecule has 0 rings (SSSR count). The van der Waals surface area contributed by atoms with Gasteiger partial charge in [0.05, 0.1) is 18.5 Å². The molecule has 17 heavy (non-hydrogen) atoms. The van der Waals surface area contributed by atoms with Crippen LogP contribution in [0.3, 0.4) is 0 Å². The minimum Gasteiger partial charge on any atom is -1.00 e. The van der Waals surface area contributed by atoms with Crippen LogP contribution in [0.15, 0.2) is 0 Å². The smallest absolute Gasteiger partial charge is 0.0682 e. The summed E-state index contributed by atoms with van der Waals surface area (Å²) < 4.78 is 0. The van der Waals surface area contributed by atoms with Crippen molar-refractivity contribution < 1.29 is 24.0 Å². The summed E-state index contributed by atoms with van der Waals surface area (Å²) >= 11 is 2.17. The lowest BCUT2D eigenvalue weighted by Crippen LogP contribution is -3.00. The van der Waals surface area contributed by atoms with E-state index in [1.165, 1.54) is 49.8 Å². The Kier molecular flexibility index (Phi) is 17.1. The minimum atomic E-state index is -0.563. The van der Waals surface area contributed by atoms with Crippen LogP contribution in [0.5, 0.6) is 0 Å². The average molecular weight is 390 g/mol. The van der Waals surface area contributed by atoms with E-state index in [-0.39, 0.29) is 24.0 Å². The van der Waals surface area contributed by atoms with Crippen LogP contribution >= 0.6 is 19.0 Å². The molecule has 3 heteroatoms. The number of hydrogen-bond acceptors (Lipinski definition) is 1. The number of unbranched alkanes of at least 4 members (excludes halogenated alkanes) is 2. The molecule has 0 heterocycles. The van der Waals surface area contributed by atoms with E-state index in [0.717, 1.165) is 0 Å². The second kappa shape index (κ2) is 13.9. The molecule has 0 aromatic carbocycles. The molecule has 0 aliphatic rings. The van der Waals surface area contributed by atoms with Crippen LogP contribution in [0.1, 0.15) is 52.9 Å². The van der Waals surface area contributed by atoms with Crippen molar-refractivity contribution in [2.24, 2.45) is 0 Å². The fourth-order valence-electron chi connectivity index (χ4n) is 1.95. The van der Waals surface area contributed by atoms with Gasteiger partial charge in [-0.25, -0.2) is 0 Å². The summed E-state index contributed by atoms with van der Waals surface area (Å²) in [7, 11) is -0.563. The first-order chi connectivity index (χ1) is 7.68. The van der Waals surface area contributed by atoms with Gasteiger partial charge in [0.15, 0.2) is 0 Å². The fourth-order valence-corrected chi connectivity index (χ4v) is 7.55. The average Bonchev–Trinajstić information content (AvgIpc) is 2.30. The van der Waals surface area contributed by atoms with Crippen LogP contribution < -0.4 is 24.0 Å². The van der Waals surface area contributed by atoms with Crippen LogP contribution in [0.4, 0.5) is 0 Å². The van der Waals surface area contributed by atoms with Crippen molar-refractivity contribution in [3.63, 3.8) is 0 Å².